The van der Waals surface area contributed by atoms with E-state index in [1.54, 1.807) is 12.1 Å². The number of nitrogens with zero attached hydrogens (tertiary/aromatic N) is 2. The zero-order chi connectivity index (χ0) is 12.4. The van der Waals surface area contributed by atoms with Crippen LogP contribution in [0.15, 0.2) is 18.3 Å². The average molecular weight is 234 g/mol. The van der Waals surface area contributed by atoms with Crippen LogP contribution in [-0.2, 0) is 0 Å². The first-order chi connectivity index (χ1) is 8.20. The standard InChI is InChI=1S/C12H14N2O3/c1-2-8(5-7-15)14-11(16)9-4-3-6-13-10(9)12(14)17/h3-4,6,8,15H,2,5,7H2,1H3. The number of fused-ring (bicyclic) bond motifs is 1. The molecule has 17 heavy (non-hydrogen) atoms. The number of imide groups is 1. The molecule has 2 heterocycles. The maximum atomic E-state index is 12.1. The Bertz CT molecular complexity index is 424. The maximum absolute atomic E-state index is 12.1. The fraction of sp³-hybridized carbons (Fsp3) is 0.417. The summed E-state index contributed by atoms with van der Waals surface area (Å²) < 4.78 is 0. The van der Waals surface area contributed by atoms with Crippen LogP contribution in [0.25, 0.3) is 0 Å². The molecule has 5 nitrogen and oxygen atoms in total. The number of pyridine rings is 1. The molecule has 0 aromatic carbocycles. The number of aromatic nitrogens is 1. The normalized spacial score (nSPS) is 16.2. The molecule has 2 amide bonds. The van der Waals surface area contributed by atoms with Gasteiger partial charge in [0.1, 0.15) is 5.69 Å². The fourth-order valence-electron chi connectivity index (χ4n) is 2.08. The van der Waals surface area contributed by atoms with E-state index in [9.17, 15) is 9.59 Å². The summed E-state index contributed by atoms with van der Waals surface area (Å²) >= 11 is 0. The molecule has 1 unspecified atom stereocenters. The lowest BCUT2D eigenvalue weighted by molar-refractivity contribution is 0.0554. The number of rotatable bonds is 4. The van der Waals surface area contributed by atoms with Crippen molar-refractivity contribution in [3.05, 3.63) is 29.6 Å². The predicted octanol–water partition coefficient (Wildman–Crippen LogP) is 0.839. The Hall–Kier alpha value is -1.75. The van der Waals surface area contributed by atoms with Gasteiger partial charge in [0.2, 0.25) is 0 Å². The summed E-state index contributed by atoms with van der Waals surface area (Å²) in [5.41, 5.74) is 0.572. The van der Waals surface area contributed by atoms with Gasteiger partial charge in [0.05, 0.1) is 5.56 Å². The van der Waals surface area contributed by atoms with E-state index in [2.05, 4.69) is 4.98 Å². The summed E-state index contributed by atoms with van der Waals surface area (Å²) in [6.45, 7) is 1.84. The highest BCUT2D eigenvalue weighted by atomic mass is 16.3. The molecule has 1 aliphatic heterocycles. The van der Waals surface area contributed by atoms with Crippen LogP contribution < -0.4 is 0 Å². The number of hydrogen-bond acceptors (Lipinski definition) is 4. The smallest absolute Gasteiger partial charge is 0.280 e. The van der Waals surface area contributed by atoms with E-state index in [-0.39, 0.29) is 30.2 Å². The number of carbonyl (C=O) groups is 2. The second kappa shape index (κ2) is 4.63. The molecular formula is C12H14N2O3. The number of hydrogen-bond donors (Lipinski definition) is 1. The van der Waals surface area contributed by atoms with Crippen LogP contribution in [-0.4, -0.2) is 39.5 Å². The number of aliphatic hydroxyl groups is 1. The van der Waals surface area contributed by atoms with Gasteiger partial charge in [-0.3, -0.25) is 19.5 Å². The van der Waals surface area contributed by atoms with Crippen molar-refractivity contribution in [2.45, 2.75) is 25.8 Å². The Morgan fingerprint density at radius 3 is 2.76 bits per heavy atom. The van der Waals surface area contributed by atoms with Crippen LogP contribution >= 0.6 is 0 Å². The Balaban J connectivity index is 2.35. The van der Waals surface area contributed by atoms with Gasteiger partial charge in [-0.05, 0) is 25.0 Å². The molecule has 1 atom stereocenters. The minimum absolute atomic E-state index is 0.0423. The minimum Gasteiger partial charge on any atom is -0.396 e. The van der Waals surface area contributed by atoms with Crippen LogP contribution in [0, 0.1) is 0 Å². The zero-order valence-electron chi connectivity index (χ0n) is 9.59. The molecule has 0 fully saturated rings. The van der Waals surface area contributed by atoms with Crippen molar-refractivity contribution in [1.82, 2.24) is 9.88 Å². The molecule has 0 spiro atoms. The Morgan fingerprint density at radius 1 is 1.41 bits per heavy atom. The minimum atomic E-state index is -0.356. The molecule has 1 aromatic rings. The summed E-state index contributed by atoms with van der Waals surface area (Å²) in [6, 6.07) is 2.99. The highest BCUT2D eigenvalue weighted by Gasteiger charge is 2.39. The molecule has 0 saturated carbocycles. The van der Waals surface area contributed by atoms with Crippen LogP contribution in [0.3, 0.4) is 0 Å². The molecule has 1 N–H and O–H groups in total. The third kappa shape index (κ3) is 1.82. The predicted molar refractivity (Wildman–Crippen MR) is 60.5 cm³/mol. The summed E-state index contributed by atoms with van der Waals surface area (Å²) in [4.78, 5) is 29.3. The van der Waals surface area contributed by atoms with Crippen LogP contribution in [0.5, 0.6) is 0 Å². The first-order valence-electron chi connectivity index (χ1n) is 5.64. The topological polar surface area (TPSA) is 70.5 Å². The van der Waals surface area contributed by atoms with E-state index >= 15 is 0 Å². The van der Waals surface area contributed by atoms with Crippen LogP contribution in [0.4, 0.5) is 0 Å². The van der Waals surface area contributed by atoms with E-state index in [1.165, 1.54) is 11.1 Å². The van der Waals surface area contributed by atoms with Crippen molar-refractivity contribution in [2.24, 2.45) is 0 Å². The van der Waals surface area contributed by atoms with Gasteiger partial charge in [0.25, 0.3) is 11.8 Å². The second-order valence-corrected chi connectivity index (χ2v) is 3.95. The lowest BCUT2D eigenvalue weighted by atomic mass is 10.1. The van der Waals surface area contributed by atoms with E-state index in [0.717, 1.165) is 0 Å². The van der Waals surface area contributed by atoms with Crippen molar-refractivity contribution in [3.8, 4) is 0 Å². The van der Waals surface area contributed by atoms with Crippen LogP contribution in [0.2, 0.25) is 0 Å². The monoisotopic (exact) mass is 234 g/mol. The van der Waals surface area contributed by atoms with Gasteiger partial charge >= 0.3 is 0 Å². The average Bonchev–Trinajstić information content (AvgIpc) is 2.61. The summed E-state index contributed by atoms with van der Waals surface area (Å²) in [6.07, 6.45) is 2.54. The van der Waals surface area contributed by atoms with Crippen molar-refractivity contribution in [1.29, 1.82) is 0 Å². The maximum Gasteiger partial charge on any atom is 0.280 e. The quantitative estimate of drug-likeness (QED) is 0.784. The molecule has 1 aliphatic rings. The first-order valence-corrected chi connectivity index (χ1v) is 5.64. The molecule has 5 heteroatoms. The first kappa shape index (κ1) is 11.7. The molecule has 0 radical (unpaired) electrons. The summed E-state index contributed by atoms with van der Waals surface area (Å²) in [5, 5.41) is 8.95. The van der Waals surface area contributed by atoms with Gasteiger partial charge in [-0.25, -0.2) is 0 Å². The van der Waals surface area contributed by atoms with E-state index in [4.69, 9.17) is 5.11 Å². The van der Waals surface area contributed by atoms with Gasteiger partial charge in [-0.2, -0.15) is 0 Å². The van der Waals surface area contributed by atoms with Crippen molar-refractivity contribution in [3.63, 3.8) is 0 Å². The van der Waals surface area contributed by atoms with Crippen LogP contribution in [0.1, 0.15) is 40.6 Å². The van der Waals surface area contributed by atoms with E-state index < -0.39 is 0 Å². The Morgan fingerprint density at radius 2 is 2.18 bits per heavy atom. The SMILES string of the molecule is CCC(CCO)N1C(=O)c2cccnc2C1=O. The fourth-order valence-corrected chi connectivity index (χ4v) is 2.08. The third-order valence-corrected chi connectivity index (χ3v) is 2.98. The molecule has 2 rings (SSSR count). The summed E-state index contributed by atoms with van der Waals surface area (Å²) in [7, 11) is 0. The largest absolute Gasteiger partial charge is 0.396 e. The number of aliphatic hydroxyl groups excluding tert-OH is 1. The molecule has 0 aliphatic carbocycles. The highest BCUT2D eigenvalue weighted by Crippen LogP contribution is 2.24. The molecule has 0 bridgehead atoms. The number of carbonyl (C=O) groups excluding carboxylic acids is 2. The van der Waals surface area contributed by atoms with Crippen molar-refractivity contribution >= 4 is 11.8 Å². The zero-order valence-corrected chi connectivity index (χ0v) is 9.59. The lowest BCUT2D eigenvalue weighted by Gasteiger charge is -2.23. The second-order valence-electron chi connectivity index (χ2n) is 3.95. The van der Waals surface area contributed by atoms with E-state index in [1.807, 2.05) is 6.92 Å². The van der Waals surface area contributed by atoms with E-state index in [0.29, 0.717) is 18.4 Å². The van der Waals surface area contributed by atoms with Gasteiger partial charge in [-0.1, -0.05) is 6.92 Å². The highest BCUT2D eigenvalue weighted by molar-refractivity contribution is 6.20. The lowest BCUT2D eigenvalue weighted by Crippen LogP contribution is -2.40. The molecule has 0 saturated heterocycles. The van der Waals surface area contributed by atoms with Gasteiger partial charge in [0, 0.05) is 18.8 Å². The molecular weight excluding hydrogens is 220 g/mol. The third-order valence-electron chi connectivity index (χ3n) is 2.98. The van der Waals surface area contributed by atoms with Crippen molar-refractivity contribution < 1.29 is 14.7 Å². The Labute approximate surface area is 99.1 Å². The molecule has 90 valence electrons. The Kier molecular flexibility index (Phi) is 3.19. The van der Waals surface area contributed by atoms with Crippen molar-refractivity contribution in [2.75, 3.05) is 6.61 Å². The van der Waals surface area contributed by atoms with Gasteiger partial charge in [-0.15, -0.1) is 0 Å². The molecule has 1 aromatic heterocycles. The van der Waals surface area contributed by atoms with Gasteiger partial charge in [0.15, 0.2) is 0 Å². The van der Waals surface area contributed by atoms with Gasteiger partial charge < -0.3 is 5.11 Å². The number of amides is 2. The summed E-state index contributed by atoms with van der Waals surface area (Å²) in [5.74, 6) is -0.663.